The van der Waals surface area contributed by atoms with E-state index in [1.165, 1.54) is 18.2 Å². The van der Waals surface area contributed by atoms with E-state index in [9.17, 15) is 14.0 Å². The summed E-state index contributed by atoms with van der Waals surface area (Å²) in [5, 5.41) is 5.42. The van der Waals surface area contributed by atoms with Crippen LogP contribution in [0.25, 0.3) is 0 Å². The average molecular weight is 456 g/mol. The van der Waals surface area contributed by atoms with Crippen molar-refractivity contribution in [3.63, 3.8) is 0 Å². The molecule has 7 heteroatoms. The largest absolute Gasteiger partial charge is 0.323 e. The first kappa shape index (κ1) is 20.5. The van der Waals surface area contributed by atoms with Crippen LogP contribution in [0.5, 0.6) is 0 Å². The van der Waals surface area contributed by atoms with Gasteiger partial charge in [-0.3, -0.25) is 4.79 Å². The third-order valence-electron chi connectivity index (χ3n) is 4.17. The fourth-order valence-electron chi connectivity index (χ4n) is 2.68. The zero-order valence-corrected chi connectivity index (χ0v) is 17.2. The number of carbonyl (C=O) groups excluding carboxylic acids is 2. The maximum atomic E-state index is 13.3. The molecule has 0 saturated heterocycles. The molecule has 0 fully saturated rings. The Kier molecular flexibility index (Phi) is 6.61. The van der Waals surface area contributed by atoms with E-state index in [0.29, 0.717) is 23.5 Å². The Balaban J connectivity index is 1.65. The van der Waals surface area contributed by atoms with Crippen LogP contribution in [0.15, 0.2) is 77.3 Å². The van der Waals surface area contributed by atoms with Crippen LogP contribution in [0.4, 0.5) is 20.6 Å². The first-order valence-electron chi connectivity index (χ1n) is 8.85. The molecule has 5 nitrogen and oxygen atoms in total. The summed E-state index contributed by atoms with van der Waals surface area (Å²) < 4.78 is 14.2. The molecule has 29 heavy (non-hydrogen) atoms. The number of nitrogens with one attached hydrogen (secondary N) is 2. The summed E-state index contributed by atoms with van der Waals surface area (Å²) in [5.74, 6) is -0.829. The van der Waals surface area contributed by atoms with Crippen molar-refractivity contribution in [3.8, 4) is 0 Å². The second-order valence-electron chi connectivity index (χ2n) is 6.42. The van der Waals surface area contributed by atoms with Gasteiger partial charge in [0.1, 0.15) is 5.82 Å². The maximum absolute atomic E-state index is 13.3. The molecule has 3 rings (SSSR count). The SMILES string of the molecule is CN(Cc1ccccc1Br)C(=O)Nc1cccc(C(=O)Nc2cccc(F)c2)c1. The third kappa shape index (κ3) is 5.65. The monoisotopic (exact) mass is 455 g/mol. The van der Waals surface area contributed by atoms with E-state index in [0.717, 1.165) is 10.0 Å². The van der Waals surface area contributed by atoms with Gasteiger partial charge in [-0.2, -0.15) is 0 Å². The highest BCUT2D eigenvalue weighted by Crippen LogP contribution is 2.18. The van der Waals surface area contributed by atoms with Crippen LogP contribution in [-0.2, 0) is 6.54 Å². The number of anilines is 2. The number of benzene rings is 3. The van der Waals surface area contributed by atoms with Crippen molar-refractivity contribution in [1.82, 2.24) is 4.90 Å². The highest BCUT2D eigenvalue weighted by molar-refractivity contribution is 9.10. The molecule has 0 unspecified atom stereocenters. The smallest absolute Gasteiger partial charge is 0.321 e. The molecule has 0 heterocycles. The number of nitrogens with zero attached hydrogens (tertiary/aromatic N) is 1. The summed E-state index contributed by atoms with van der Waals surface area (Å²) in [5.41, 5.74) is 2.17. The van der Waals surface area contributed by atoms with Crippen LogP contribution in [0.3, 0.4) is 0 Å². The van der Waals surface area contributed by atoms with Gasteiger partial charge in [-0.05, 0) is 48.0 Å². The standard InChI is InChI=1S/C22H19BrFN3O2/c1-27(14-16-6-2-3-11-20(16)23)22(29)26-18-9-4-7-15(12-18)21(28)25-19-10-5-8-17(24)13-19/h2-13H,14H2,1H3,(H,25,28)(H,26,29). The first-order chi connectivity index (χ1) is 13.9. The summed E-state index contributed by atoms with van der Waals surface area (Å²) in [4.78, 5) is 26.5. The third-order valence-corrected chi connectivity index (χ3v) is 4.94. The summed E-state index contributed by atoms with van der Waals surface area (Å²) in [6, 6.07) is 19.6. The number of rotatable bonds is 5. The molecule has 3 aromatic rings. The zero-order valence-electron chi connectivity index (χ0n) is 15.7. The molecule has 0 aliphatic rings. The van der Waals surface area contributed by atoms with Gasteiger partial charge < -0.3 is 15.5 Å². The number of halogens is 2. The van der Waals surface area contributed by atoms with Gasteiger partial charge >= 0.3 is 6.03 Å². The number of hydrogen-bond donors (Lipinski definition) is 2. The minimum absolute atomic E-state index is 0.302. The average Bonchev–Trinajstić information content (AvgIpc) is 2.70. The molecule has 0 aliphatic heterocycles. The van der Waals surface area contributed by atoms with Gasteiger partial charge in [-0.25, -0.2) is 9.18 Å². The highest BCUT2D eigenvalue weighted by Gasteiger charge is 2.13. The van der Waals surface area contributed by atoms with Gasteiger partial charge in [0, 0.05) is 35.0 Å². The number of hydrogen-bond acceptors (Lipinski definition) is 2. The van der Waals surface area contributed by atoms with Gasteiger partial charge in [0.15, 0.2) is 0 Å². The van der Waals surface area contributed by atoms with Crippen LogP contribution in [-0.4, -0.2) is 23.9 Å². The predicted octanol–water partition coefficient (Wildman–Crippen LogP) is 5.50. The molecule has 0 bridgehead atoms. The van der Waals surface area contributed by atoms with Gasteiger partial charge in [-0.15, -0.1) is 0 Å². The van der Waals surface area contributed by atoms with Crippen molar-refractivity contribution in [2.24, 2.45) is 0 Å². The van der Waals surface area contributed by atoms with E-state index in [2.05, 4.69) is 26.6 Å². The lowest BCUT2D eigenvalue weighted by Gasteiger charge is -2.19. The Hall–Kier alpha value is -3.19. The molecule has 2 N–H and O–H groups in total. The molecule has 0 spiro atoms. The quantitative estimate of drug-likeness (QED) is 0.533. The number of urea groups is 1. The van der Waals surface area contributed by atoms with E-state index < -0.39 is 11.7 Å². The van der Waals surface area contributed by atoms with Crippen LogP contribution in [0.1, 0.15) is 15.9 Å². The van der Waals surface area contributed by atoms with Crippen molar-refractivity contribution >= 4 is 39.2 Å². The molecule has 3 aromatic carbocycles. The minimum Gasteiger partial charge on any atom is -0.323 e. The van der Waals surface area contributed by atoms with Crippen molar-refractivity contribution in [3.05, 3.63) is 94.2 Å². The maximum Gasteiger partial charge on any atom is 0.321 e. The lowest BCUT2D eigenvalue weighted by atomic mass is 10.2. The Morgan fingerprint density at radius 3 is 2.34 bits per heavy atom. The predicted molar refractivity (Wildman–Crippen MR) is 115 cm³/mol. The number of amides is 3. The molecular formula is C22H19BrFN3O2. The van der Waals surface area contributed by atoms with Gasteiger partial charge in [0.05, 0.1) is 0 Å². The van der Waals surface area contributed by atoms with E-state index in [-0.39, 0.29) is 6.03 Å². The molecule has 0 atom stereocenters. The fraction of sp³-hybridized carbons (Fsp3) is 0.0909. The Morgan fingerprint density at radius 1 is 0.931 bits per heavy atom. The minimum atomic E-state index is -0.433. The van der Waals surface area contributed by atoms with Crippen molar-refractivity contribution < 1.29 is 14.0 Å². The van der Waals surface area contributed by atoms with E-state index in [1.54, 1.807) is 42.3 Å². The number of carbonyl (C=O) groups is 2. The van der Waals surface area contributed by atoms with E-state index >= 15 is 0 Å². The Morgan fingerprint density at radius 2 is 1.62 bits per heavy atom. The van der Waals surface area contributed by atoms with E-state index in [1.807, 2.05) is 24.3 Å². The van der Waals surface area contributed by atoms with Crippen LogP contribution in [0.2, 0.25) is 0 Å². The summed E-state index contributed by atoms with van der Waals surface area (Å²) in [7, 11) is 1.69. The lowest BCUT2D eigenvalue weighted by molar-refractivity contribution is 0.102. The highest BCUT2D eigenvalue weighted by atomic mass is 79.9. The van der Waals surface area contributed by atoms with Crippen LogP contribution < -0.4 is 10.6 Å². The summed E-state index contributed by atoms with van der Waals surface area (Å²) in [6.45, 7) is 0.424. The van der Waals surface area contributed by atoms with E-state index in [4.69, 9.17) is 0 Å². The molecule has 148 valence electrons. The normalized spacial score (nSPS) is 10.3. The van der Waals surface area contributed by atoms with Crippen LogP contribution in [0, 0.1) is 5.82 Å². The first-order valence-corrected chi connectivity index (χ1v) is 9.64. The molecular weight excluding hydrogens is 437 g/mol. The topological polar surface area (TPSA) is 61.4 Å². The molecule has 0 aromatic heterocycles. The molecule has 0 aliphatic carbocycles. The molecule has 0 radical (unpaired) electrons. The Bertz CT molecular complexity index is 1040. The molecule has 0 saturated carbocycles. The Labute approximate surface area is 176 Å². The van der Waals surface area contributed by atoms with Gasteiger partial charge in [0.2, 0.25) is 0 Å². The zero-order chi connectivity index (χ0) is 20.8. The van der Waals surface area contributed by atoms with Crippen molar-refractivity contribution in [2.75, 3.05) is 17.7 Å². The summed E-state index contributed by atoms with van der Waals surface area (Å²) in [6.07, 6.45) is 0. The fourth-order valence-corrected chi connectivity index (χ4v) is 3.09. The van der Waals surface area contributed by atoms with Crippen LogP contribution >= 0.6 is 15.9 Å². The molecule has 3 amide bonds. The lowest BCUT2D eigenvalue weighted by Crippen LogP contribution is -2.31. The van der Waals surface area contributed by atoms with Crippen molar-refractivity contribution in [2.45, 2.75) is 6.54 Å². The second-order valence-corrected chi connectivity index (χ2v) is 7.28. The second kappa shape index (κ2) is 9.34. The van der Waals surface area contributed by atoms with Crippen molar-refractivity contribution in [1.29, 1.82) is 0 Å². The summed E-state index contributed by atoms with van der Waals surface area (Å²) >= 11 is 3.47. The van der Waals surface area contributed by atoms with Gasteiger partial charge in [0.25, 0.3) is 5.91 Å². The van der Waals surface area contributed by atoms with Gasteiger partial charge in [-0.1, -0.05) is 46.3 Å².